The third kappa shape index (κ3) is 3.64. The molecule has 1 aromatic heterocycles. The number of hydrogen-bond acceptors (Lipinski definition) is 3. The van der Waals surface area contributed by atoms with Crippen molar-refractivity contribution < 1.29 is 13.5 Å². The summed E-state index contributed by atoms with van der Waals surface area (Å²) >= 11 is 3.24. The smallest absolute Gasteiger partial charge is 0.152 e. The van der Waals surface area contributed by atoms with E-state index in [2.05, 4.69) is 26.2 Å². The number of anilines is 1. The average molecular weight is 329 g/mol. The number of rotatable bonds is 5. The number of halogens is 3. The molecule has 19 heavy (non-hydrogen) atoms. The molecule has 2 aromatic rings. The molecule has 0 saturated heterocycles. The monoisotopic (exact) mass is 328 g/mol. The van der Waals surface area contributed by atoms with E-state index < -0.39 is 11.6 Å². The molecule has 2 rings (SSSR count). The minimum atomic E-state index is -0.623. The number of nitrogens with zero attached hydrogens (tertiary/aromatic N) is 1. The third-order valence-electron chi connectivity index (χ3n) is 2.35. The van der Waals surface area contributed by atoms with E-state index in [1.165, 1.54) is 18.2 Å². The van der Waals surface area contributed by atoms with Gasteiger partial charge in [0.2, 0.25) is 0 Å². The summed E-state index contributed by atoms with van der Waals surface area (Å²) in [6, 6.07) is 7.21. The lowest BCUT2D eigenvalue weighted by molar-refractivity contribution is 0.329. The van der Waals surface area contributed by atoms with E-state index in [4.69, 9.17) is 4.74 Å². The summed E-state index contributed by atoms with van der Waals surface area (Å²) in [6.45, 7) is 0.539. The Morgan fingerprint density at radius 2 is 1.89 bits per heavy atom. The lowest BCUT2D eigenvalue weighted by Gasteiger charge is -2.10. The summed E-state index contributed by atoms with van der Waals surface area (Å²) in [6.07, 6.45) is 1.63. The standard InChI is InChI=1S/C13H11BrF2N2O/c14-13-11(5-2-6-18-13)19-8-7-17-12-9(15)3-1-4-10(12)16/h1-6,17H,7-8H2. The van der Waals surface area contributed by atoms with E-state index >= 15 is 0 Å². The van der Waals surface area contributed by atoms with Crippen LogP contribution in [0.25, 0.3) is 0 Å². The van der Waals surface area contributed by atoms with Gasteiger partial charge in [-0.3, -0.25) is 0 Å². The molecule has 0 aliphatic rings. The van der Waals surface area contributed by atoms with Gasteiger partial charge in [0, 0.05) is 12.7 Å². The van der Waals surface area contributed by atoms with E-state index in [0.717, 1.165) is 0 Å². The highest BCUT2D eigenvalue weighted by Crippen LogP contribution is 2.21. The van der Waals surface area contributed by atoms with Crippen molar-refractivity contribution in [2.24, 2.45) is 0 Å². The van der Waals surface area contributed by atoms with Crippen LogP contribution in [0.4, 0.5) is 14.5 Å². The van der Waals surface area contributed by atoms with Crippen LogP contribution in [-0.2, 0) is 0 Å². The van der Waals surface area contributed by atoms with Gasteiger partial charge in [-0.1, -0.05) is 6.07 Å². The molecule has 6 heteroatoms. The zero-order chi connectivity index (χ0) is 13.7. The van der Waals surface area contributed by atoms with Gasteiger partial charge in [0.1, 0.15) is 28.5 Å². The molecule has 1 heterocycles. The lowest BCUT2D eigenvalue weighted by Crippen LogP contribution is -2.13. The molecule has 0 spiro atoms. The molecule has 0 atom stereocenters. The molecular formula is C13H11BrF2N2O. The molecule has 0 aliphatic heterocycles. The van der Waals surface area contributed by atoms with Crippen LogP contribution >= 0.6 is 15.9 Å². The Morgan fingerprint density at radius 1 is 1.16 bits per heavy atom. The van der Waals surface area contributed by atoms with Gasteiger partial charge in [-0.05, 0) is 40.2 Å². The van der Waals surface area contributed by atoms with Gasteiger partial charge >= 0.3 is 0 Å². The topological polar surface area (TPSA) is 34.1 Å². The number of pyridine rings is 1. The van der Waals surface area contributed by atoms with Crippen molar-refractivity contribution in [3.05, 3.63) is 52.8 Å². The Morgan fingerprint density at radius 3 is 2.58 bits per heavy atom. The highest BCUT2D eigenvalue weighted by molar-refractivity contribution is 9.10. The summed E-state index contributed by atoms with van der Waals surface area (Å²) in [4.78, 5) is 4.00. The molecule has 0 radical (unpaired) electrons. The summed E-state index contributed by atoms with van der Waals surface area (Å²) in [7, 11) is 0. The number of ether oxygens (including phenoxy) is 1. The highest BCUT2D eigenvalue weighted by Gasteiger charge is 2.07. The molecular weight excluding hydrogens is 318 g/mol. The predicted octanol–water partition coefficient (Wildman–Crippen LogP) is 3.61. The second-order valence-corrected chi connectivity index (χ2v) is 4.42. The number of benzene rings is 1. The average Bonchev–Trinajstić information content (AvgIpc) is 2.39. The maximum atomic E-state index is 13.3. The van der Waals surface area contributed by atoms with Crippen molar-refractivity contribution >= 4 is 21.6 Å². The first kappa shape index (κ1) is 13.7. The molecule has 3 nitrogen and oxygen atoms in total. The molecule has 0 amide bonds. The van der Waals surface area contributed by atoms with E-state index in [1.807, 2.05) is 0 Å². The van der Waals surface area contributed by atoms with Crippen LogP contribution in [-0.4, -0.2) is 18.1 Å². The van der Waals surface area contributed by atoms with Gasteiger partial charge in [-0.15, -0.1) is 0 Å². The third-order valence-corrected chi connectivity index (χ3v) is 2.94. The number of hydrogen-bond donors (Lipinski definition) is 1. The van der Waals surface area contributed by atoms with Crippen LogP contribution < -0.4 is 10.1 Å². The molecule has 0 aliphatic carbocycles. The van der Waals surface area contributed by atoms with Gasteiger partial charge in [-0.25, -0.2) is 13.8 Å². The molecule has 1 N–H and O–H groups in total. The van der Waals surface area contributed by atoms with Crippen LogP contribution in [0.1, 0.15) is 0 Å². The molecule has 0 bridgehead atoms. The Kier molecular flexibility index (Phi) is 4.68. The van der Waals surface area contributed by atoms with Crippen LogP contribution in [0.15, 0.2) is 41.1 Å². The van der Waals surface area contributed by atoms with Crippen LogP contribution in [0.5, 0.6) is 5.75 Å². The normalized spacial score (nSPS) is 10.3. The summed E-state index contributed by atoms with van der Waals surface area (Å²) in [5.74, 6) is -0.663. The Bertz CT molecular complexity index is 546. The van der Waals surface area contributed by atoms with Crippen molar-refractivity contribution in [1.29, 1.82) is 0 Å². The fraction of sp³-hybridized carbons (Fsp3) is 0.154. The summed E-state index contributed by atoms with van der Waals surface area (Å²) in [5, 5.41) is 2.66. The van der Waals surface area contributed by atoms with Crippen molar-refractivity contribution in [2.45, 2.75) is 0 Å². The van der Waals surface area contributed by atoms with Gasteiger partial charge in [-0.2, -0.15) is 0 Å². The summed E-state index contributed by atoms with van der Waals surface area (Å²) < 4.78 is 32.6. The van der Waals surface area contributed by atoms with E-state index in [-0.39, 0.29) is 18.8 Å². The molecule has 0 fully saturated rings. The minimum Gasteiger partial charge on any atom is -0.489 e. The molecule has 0 unspecified atom stereocenters. The zero-order valence-electron chi connectivity index (χ0n) is 9.87. The number of nitrogens with one attached hydrogen (secondary N) is 1. The van der Waals surface area contributed by atoms with E-state index in [0.29, 0.717) is 10.4 Å². The van der Waals surface area contributed by atoms with Gasteiger partial charge in [0.15, 0.2) is 5.75 Å². The van der Waals surface area contributed by atoms with Crippen LogP contribution in [0.3, 0.4) is 0 Å². The van der Waals surface area contributed by atoms with Crippen molar-refractivity contribution in [2.75, 3.05) is 18.5 Å². The van der Waals surface area contributed by atoms with E-state index in [1.54, 1.807) is 18.3 Å². The maximum Gasteiger partial charge on any atom is 0.152 e. The Balaban J connectivity index is 1.86. The highest BCUT2D eigenvalue weighted by atomic mass is 79.9. The lowest BCUT2D eigenvalue weighted by atomic mass is 10.3. The largest absolute Gasteiger partial charge is 0.489 e. The first-order valence-electron chi connectivity index (χ1n) is 5.59. The fourth-order valence-electron chi connectivity index (χ4n) is 1.48. The summed E-state index contributed by atoms with van der Waals surface area (Å²) in [5.41, 5.74) is -0.142. The molecule has 100 valence electrons. The second kappa shape index (κ2) is 6.47. The van der Waals surface area contributed by atoms with Gasteiger partial charge < -0.3 is 10.1 Å². The second-order valence-electron chi connectivity index (χ2n) is 3.66. The van der Waals surface area contributed by atoms with Crippen LogP contribution in [0, 0.1) is 11.6 Å². The van der Waals surface area contributed by atoms with Crippen LogP contribution in [0.2, 0.25) is 0 Å². The fourth-order valence-corrected chi connectivity index (χ4v) is 1.85. The number of aromatic nitrogens is 1. The molecule has 1 aromatic carbocycles. The number of para-hydroxylation sites is 1. The first-order valence-corrected chi connectivity index (χ1v) is 6.39. The van der Waals surface area contributed by atoms with Gasteiger partial charge in [0.25, 0.3) is 0 Å². The predicted molar refractivity (Wildman–Crippen MR) is 72.3 cm³/mol. The molecule has 0 saturated carbocycles. The van der Waals surface area contributed by atoms with Crippen molar-refractivity contribution in [3.63, 3.8) is 0 Å². The van der Waals surface area contributed by atoms with Gasteiger partial charge in [0.05, 0.1) is 0 Å². The maximum absolute atomic E-state index is 13.3. The zero-order valence-corrected chi connectivity index (χ0v) is 11.5. The van der Waals surface area contributed by atoms with E-state index in [9.17, 15) is 8.78 Å². The Labute approximate surface area is 117 Å². The van der Waals surface area contributed by atoms with Crippen molar-refractivity contribution in [1.82, 2.24) is 4.98 Å². The quantitative estimate of drug-likeness (QED) is 0.672. The first-order chi connectivity index (χ1) is 9.18. The Hall–Kier alpha value is -1.69. The minimum absolute atomic E-state index is 0.142. The SMILES string of the molecule is Fc1cccc(F)c1NCCOc1cccnc1Br. The van der Waals surface area contributed by atoms with Crippen molar-refractivity contribution in [3.8, 4) is 5.75 Å².